The molecule has 0 aliphatic carbocycles. The predicted octanol–water partition coefficient (Wildman–Crippen LogP) is 6.11. The summed E-state index contributed by atoms with van der Waals surface area (Å²) in [6.07, 6.45) is 2.89. The lowest BCUT2D eigenvalue weighted by atomic mass is 10.1. The number of benzene rings is 4. The topological polar surface area (TPSA) is 166 Å². The summed E-state index contributed by atoms with van der Waals surface area (Å²) < 4.78 is 73.8. The number of rotatable bonds is 7. The molecule has 5 N–H and O–H groups in total. The quantitative estimate of drug-likeness (QED) is 0.141. The number of sulfonamides is 1. The number of hydrogen-bond acceptors (Lipinski definition) is 7. The van der Waals surface area contributed by atoms with Gasteiger partial charge >= 0.3 is 12.1 Å². The number of hydrogen-bond donors (Lipinski definition) is 5. The van der Waals surface area contributed by atoms with Gasteiger partial charge in [0.25, 0.3) is 9.05 Å². The highest BCUT2D eigenvalue weighted by Crippen LogP contribution is 2.21. The zero-order chi connectivity index (χ0) is 38.3. The van der Waals surface area contributed by atoms with Crippen molar-refractivity contribution in [3.63, 3.8) is 0 Å². The highest BCUT2D eigenvalue weighted by Gasteiger charge is 2.29. The Kier molecular flexibility index (Phi) is 15.5. The molecule has 0 saturated carbocycles. The minimum atomic E-state index is -3.53. The van der Waals surface area contributed by atoms with Gasteiger partial charge in [-0.15, -0.1) is 0 Å². The minimum absolute atomic E-state index is 0.134. The summed E-state index contributed by atoms with van der Waals surface area (Å²) in [6.45, 7) is 2.51. The highest BCUT2D eigenvalue weighted by molar-refractivity contribution is 8.13. The van der Waals surface area contributed by atoms with Crippen LogP contribution in [0.2, 0.25) is 0 Å². The van der Waals surface area contributed by atoms with E-state index in [2.05, 4.69) is 26.6 Å². The molecule has 0 radical (unpaired) electrons. The molecular formula is C36H41ClF2N6O6S2. The smallest absolute Gasteiger partial charge is 0.319 e. The Balaban J connectivity index is 0.000000198. The molecule has 284 valence electrons. The van der Waals surface area contributed by atoms with E-state index in [0.29, 0.717) is 37.3 Å². The van der Waals surface area contributed by atoms with Crippen LogP contribution < -0.4 is 26.6 Å². The van der Waals surface area contributed by atoms with Gasteiger partial charge in [0.05, 0.1) is 9.79 Å². The molecule has 2 aliphatic rings. The third kappa shape index (κ3) is 14.0. The SMILES string of the molecule is O=C(Nc1cccc(F)c1)NC1CCN(S(=O)(=O)c2ccccc2)CC1.O=C(Nc1cccc(F)c1)NC1CCNCC1.O=S(=O)(Cl)c1ccccc1. The van der Waals surface area contributed by atoms with Gasteiger partial charge < -0.3 is 26.6 Å². The van der Waals surface area contributed by atoms with Gasteiger partial charge in [-0.1, -0.05) is 48.5 Å². The Morgan fingerprint density at radius 2 is 1.06 bits per heavy atom. The van der Waals surface area contributed by atoms with Crippen molar-refractivity contribution in [3.05, 3.63) is 121 Å². The number of urea groups is 2. The van der Waals surface area contributed by atoms with Gasteiger partial charge in [0.1, 0.15) is 11.6 Å². The van der Waals surface area contributed by atoms with Crippen LogP contribution in [0, 0.1) is 11.6 Å². The van der Waals surface area contributed by atoms with E-state index in [1.165, 1.54) is 46.8 Å². The van der Waals surface area contributed by atoms with Gasteiger partial charge in [-0.2, -0.15) is 4.31 Å². The van der Waals surface area contributed by atoms with Crippen LogP contribution in [0.3, 0.4) is 0 Å². The van der Waals surface area contributed by atoms with Crippen molar-refractivity contribution in [1.82, 2.24) is 20.3 Å². The van der Waals surface area contributed by atoms with Gasteiger partial charge in [0.2, 0.25) is 10.0 Å². The van der Waals surface area contributed by atoms with E-state index in [1.807, 2.05) is 0 Å². The normalized spacial score (nSPS) is 15.4. The number of halogens is 3. The van der Waals surface area contributed by atoms with E-state index in [9.17, 15) is 35.2 Å². The number of nitrogens with zero attached hydrogens (tertiary/aromatic N) is 1. The van der Waals surface area contributed by atoms with Crippen LogP contribution in [0.4, 0.5) is 29.7 Å². The molecule has 4 aromatic rings. The number of carbonyl (C=O) groups is 2. The molecule has 4 aromatic carbocycles. The van der Waals surface area contributed by atoms with Crippen LogP contribution >= 0.6 is 10.7 Å². The zero-order valence-electron chi connectivity index (χ0n) is 28.6. The third-order valence-electron chi connectivity index (χ3n) is 8.03. The summed E-state index contributed by atoms with van der Waals surface area (Å²) in [6, 6.07) is 27.0. The molecule has 0 bridgehead atoms. The van der Waals surface area contributed by atoms with Crippen LogP contribution in [0.15, 0.2) is 119 Å². The number of amides is 4. The maximum absolute atomic E-state index is 13.1. The standard InChI is InChI=1S/C18H20FN3O3S.C12H16FN3O.C6H5ClO2S/c19-14-5-4-6-16(13-14)21-18(23)20-15-9-11-22(12-10-15)26(24,25)17-7-2-1-3-8-17;13-9-2-1-3-11(8-9)16-12(17)15-10-4-6-14-7-5-10;7-10(8,9)6-4-2-1-3-5-6/h1-8,13,15H,9-12H2,(H2,20,21,23);1-3,8,10,14H,4-7H2,(H2,15,16,17);1-5H. The summed E-state index contributed by atoms with van der Waals surface area (Å²) in [4.78, 5) is 24.1. The Morgan fingerprint density at radius 1 is 0.623 bits per heavy atom. The lowest BCUT2D eigenvalue weighted by Gasteiger charge is -2.31. The van der Waals surface area contributed by atoms with E-state index in [-0.39, 0.29) is 33.7 Å². The van der Waals surface area contributed by atoms with Crippen molar-refractivity contribution in [2.24, 2.45) is 0 Å². The van der Waals surface area contributed by atoms with E-state index < -0.39 is 30.9 Å². The first-order valence-electron chi connectivity index (χ1n) is 16.7. The molecule has 17 heteroatoms. The number of carbonyl (C=O) groups excluding carboxylic acids is 2. The molecule has 2 aliphatic heterocycles. The first kappa shape index (κ1) is 41.2. The molecule has 2 heterocycles. The second-order valence-corrected chi connectivity index (χ2v) is 16.5. The molecular weight excluding hydrogens is 750 g/mol. The maximum atomic E-state index is 13.1. The van der Waals surface area contributed by atoms with E-state index in [4.69, 9.17) is 10.7 Å². The molecule has 0 atom stereocenters. The number of nitrogens with one attached hydrogen (secondary N) is 5. The van der Waals surface area contributed by atoms with Crippen molar-refractivity contribution >= 4 is 53.2 Å². The van der Waals surface area contributed by atoms with Crippen molar-refractivity contribution < 1.29 is 35.2 Å². The van der Waals surface area contributed by atoms with Crippen molar-refractivity contribution in [2.45, 2.75) is 47.6 Å². The fourth-order valence-corrected chi connectivity index (χ4v) is 7.65. The van der Waals surface area contributed by atoms with Crippen LogP contribution in [0.1, 0.15) is 25.7 Å². The zero-order valence-corrected chi connectivity index (χ0v) is 30.9. The van der Waals surface area contributed by atoms with Crippen LogP contribution in [0.5, 0.6) is 0 Å². The summed E-state index contributed by atoms with van der Waals surface area (Å²) in [5, 5.41) is 14.1. The first-order valence-corrected chi connectivity index (χ1v) is 20.5. The molecule has 2 fully saturated rings. The highest BCUT2D eigenvalue weighted by atomic mass is 35.7. The van der Waals surface area contributed by atoms with Gasteiger partial charge in [-0.3, -0.25) is 0 Å². The van der Waals surface area contributed by atoms with Crippen LogP contribution in [-0.4, -0.2) is 71.5 Å². The number of piperidine rings is 2. The fraction of sp³-hybridized carbons (Fsp3) is 0.278. The van der Waals surface area contributed by atoms with Crippen molar-refractivity contribution in [1.29, 1.82) is 0 Å². The predicted molar refractivity (Wildman–Crippen MR) is 201 cm³/mol. The molecule has 6 rings (SSSR count). The van der Waals surface area contributed by atoms with E-state index >= 15 is 0 Å². The molecule has 0 spiro atoms. The molecule has 0 aromatic heterocycles. The largest absolute Gasteiger partial charge is 0.335 e. The van der Waals surface area contributed by atoms with Gasteiger partial charge in [0, 0.05) is 47.2 Å². The molecule has 12 nitrogen and oxygen atoms in total. The summed E-state index contributed by atoms with van der Waals surface area (Å²) >= 11 is 0. The molecule has 4 amide bonds. The lowest BCUT2D eigenvalue weighted by molar-refractivity contribution is 0.238. The van der Waals surface area contributed by atoms with Gasteiger partial charge in [-0.25, -0.2) is 35.2 Å². The summed E-state index contributed by atoms with van der Waals surface area (Å²) in [5.74, 6) is -0.785. The van der Waals surface area contributed by atoms with Crippen LogP contribution in [0.25, 0.3) is 0 Å². The summed E-state index contributed by atoms with van der Waals surface area (Å²) in [5.41, 5.74) is 0.836. The average Bonchev–Trinajstić information content (AvgIpc) is 3.13. The molecule has 53 heavy (non-hydrogen) atoms. The maximum Gasteiger partial charge on any atom is 0.319 e. The second-order valence-electron chi connectivity index (χ2n) is 12.0. The fourth-order valence-electron chi connectivity index (χ4n) is 5.37. The van der Waals surface area contributed by atoms with Crippen molar-refractivity contribution in [3.8, 4) is 0 Å². The van der Waals surface area contributed by atoms with Crippen molar-refractivity contribution in [2.75, 3.05) is 36.8 Å². The first-order chi connectivity index (χ1) is 25.3. The Morgan fingerprint density at radius 3 is 1.47 bits per heavy atom. The Hall–Kier alpha value is -4.61. The summed E-state index contributed by atoms with van der Waals surface area (Å²) in [7, 11) is -2.00. The third-order valence-corrected chi connectivity index (χ3v) is 11.3. The Labute approximate surface area is 312 Å². The minimum Gasteiger partial charge on any atom is -0.335 e. The second kappa shape index (κ2) is 20.0. The lowest BCUT2D eigenvalue weighted by Crippen LogP contribution is -2.47. The van der Waals surface area contributed by atoms with E-state index in [0.717, 1.165) is 25.9 Å². The molecule has 2 saturated heterocycles. The molecule has 0 unspecified atom stereocenters. The number of anilines is 2. The monoisotopic (exact) mass is 790 g/mol. The van der Waals surface area contributed by atoms with Crippen LogP contribution in [-0.2, 0) is 19.1 Å². The van der Waals surface area contributed by atoms with Gasteiger partial charge in [0.15, 0.2) is 0 Å². The van der Waals surface area contributed by atoms with Gasteiger partial charge in [-0.05, 0) is 99.4 Å². The average molecular weight is 791 g/mol. The Bertz CT molecular complexity index is 2000. The van der Waals surface area contributed by atoms with E-state index in [1.54, 1.807) is 66.7 Å².